The molecule has 0 atom stereocenters. The molecule has 1 saturated carbocycles. The minimum Gasteiger partial charge on any atom is -0.326 e. The monoisotopic (exact) mass is 302 g/mol. The molecular weight excluding hydrogens is 268 g/mol. The zero-order valence-corrected chi connectivity index (χ0v) is 14.3. The lowest BCUT2D eigenvalue weighted by molar-refractivity contribution is -1.02. The molecule has 0 radical (unpaired) electrons. The lowest BCUT2D eigenvalue weighted by atomic mass is 9.86. The molecule has 122 valence electrons. The summed E-state index contributed by atoms with van der Waals surface area (Å²) in [6, 6.07) is 12.0. The summed E-state index contributed by atoms with van der Waals surface area (Å²) in [5, 5.41) is 0. The summed E-state index contributed by atoms with van der Waals surface area (Å²) in [5.41, 5.74) is 1.50. The topological polar surface area (TPSA) is 8.88 Å². The first-order valence-corrected chi connectivity index (χ1v) is 9.53. The van der Waals surface area contributed by atoms with Crippen LogP contribution in [0.4, 0.5) is 0 Å². The maximum absolute atomic E-state index is 2.43. The van der Waals surface area contributed by atoms with Crippen LogP contribution in [0.1, 0.15) is 44.6 Å². The molecule has 2 N–H and O–H groups in total. The first-order chi connectivity index (χ1) is 10.8. The van der Waals surface area contributed by atoms with Crippen LogP contribution in [0, 0.1) is 5.92 Å². The molecule has 2 fully saturated rings. The van der Waals surface area contributed by atoms with Crippen LogP contribution in [0.3, 0.4) is 0 Å². The van der Waals surface area contributed by atoms with Gasteiger partial charge >= 0.3 is 0 Å². The van der Waals surface area contributed by atoms with Gasteiger partial charge in [-0.2, -0.15) is 0 Å². The van der Waals surface area contributed by atoms with E-state index in [-0.39, 0.29) is 0 Å². The fraction of sp³-hybridized carbons (Fsp3) is 0.700. The third-order valence-corrected chi connectivity index (χ3v) is 6.03. The molecule has 0 amide bonds. The predicted molar refractivity (Wildman–Crippen MR) is 92.4 cm³/mol. The van der Waals surface area contributed by atoms with Crippen molar-refractivity contribution in [3.8, 4) is 0 Å². The van der Waals surface area contributed by atoms with E-state index in [0.717, 1.165) is 12.0 Å². The van der Waals surface area contributed by atoms with Crippen molar-refractivity contribution in [2.45, 2.75) is 51.5 Å². The van der Waals surface area contributed by atoms with Crippen LogP contribution in [-0.2, 0) is 6.42 Å². The van der Waals surface area contributed by atoms with Gasteiger partial charge in [0, 0.05) is 6.42 Å². The maximum atomic E-state index is 2.43. The van der Waals surface area contributed by atoms with Gasteiger partial charge in [0.25, 0.3) is 0 Å². The van der Waals surface area contributed by atoms with Crippen molar-refractivity contribution in [2.24, 2.45) is 5.92 Å². The molecule has 1 aromatic carbocycles. The Hall–Kier alpha value is -0.860. The molecule has 2 aliphatic rings. The summed E-state index contributed by atoms with van der Waals surface area (Å²) in [6.07, 6.45) is 8.51. The van der Waals surface area contributed by atoms with E-state index in [0.29, 0.717) is 0 Å². The predicted octanol–water partition coefficient (Wildman–Crippen LogP) is 0.981. The normalized spacial score (nSPS) is 32.8. The van der Waals surface area contributed by atoms with Crippen LogP contribution in [0.15, 0.2) is 30.3 Å². The van der Waals surface area contributed by atoms with Crippen molar-refractivity contribution >= 4 is 0 Å². The van der Waals surface area contributed by atoms with Gasteiger partial charge in [-0.15, -0.1) is 0 Å². The fourth-order valence-corrected chi connectivity index (χ4v) is 4.44. The summed E-state index contributed by atoms with van der Waals surface area (Å²) in [7, 11) is 0. The molecule has 0 unspecified atom stereocenters. The highest BCUT2D eigenvalue weighted by Gasteiger charge is 2.31. The van der Waals surface area contributed by atoms with Gasteiger partial charge in [-0.05, 0) is 43.6 Å². The van der Waals surface area contributed by atoms with Gasteiger partial charge < -0.3 is 9.80 Å². The van der Waals surface area contributed by atoms with Crippen LogP contribution >= 0.6 is 0 Å². The largest absolute Gasteiger partial charge is 0.326 e. The zero-order chi connectivity index (χ0) is 15.2. The summed E-state index contributed by atoms with van der Waals surface area (Å²) in [4.78, 5) is 3.78. The minimum absolute atomic E-state index is 0.987. The maximum Gasteiger partial charge on any atom is 0.127 e. The number of rotatable bonds is 5. The number of piperazine rings is 1. The molecule has 3 rings (SSSR count). The van der Waals surface area contributed by atoms with E-state index in [4.69, 9.17) is 0 Å². The van der Waals surface area contributed by atoms with Gasteiger partial charge in [-0.25, -0.2) is 0 Å². The highest BCUT2D eigenvalue weighted by Crippen LogP contribution is 2.21. The Kier molecular flexibility index (Phi) is 5.91. The number of aryl methyl sites for hydroxylation is 1. The van der Waals surface area contributed by atoms with E-state index in [9.17, 15) is 0 Å². The van der Waals surface area contributed by atoms with Crippen LogP contribution in [0.5, 0.6) is 0 Å². The van der Waals surface area contributed by atoms with Gasteiger partial charge in [-0.3, -0.25) is 0 Å². The fourth-order valence-electron chi connectivity index (χ4n) is 4.44. The van der Waals surface area contributed by atoms with E-state index in [1.54, 1.807) is 0 Å². The van der Waals surface area contributed by atoms with Crippen LogP contribution < -0.4 is 9.80 Å². The Morgan fingerprint density at radius 2 is 1.59 bits per heavy atom. The van der Waals surface area contributed by atoms with E-state index >= 15 is 0 Å². The van der Waals surface area contributed by atoms with Crippen LogP contribution in [0.2, 0.25) is 0 Å². The van der Waals surface area contributed by atoms with Crippen molar-refractivity contribution in [3.05, 3.63) is 35.9 Å². The minimum atomic E-state index is 0.987. The molecule has 22 heavy (non-hydrogen) atoms. The molecule has 1 aromatic rings. The van der Waals surface area contributed by atoms with E-state index in [1.165, 1.54) is 76.8 Å². The van der Waals surface area contributed by atoms with Gasteiger partial charge in [-0.1, -0.05) is 37.3 Å². The average Bonchev–Trinajstić information content (AvgIpc) is 2.57. The molecule has 2 nitrogen and oxygen atoms in total. The van der Waals surface area contributed by atoms with E-state index in [2.05, 4.69) is 37.3 Å². The Labute approximate surface area is 136 Å². The second-order valence-corrected chi connectivity index (χ2v) is 7.70. The van der Waals surface area contributed by atoms with E-state index in [1.807, 2.05) is 9.80 Å². The van der Waals surface area contributed by atoms with Crippen molar-refractivity contribution in [2.75, 3.05) is 32.7 Å². The number of nitrogens with one attached hydrogen (secondary N) is 2. The average molecular weight is 303 g/mol. The summed E-state index contributed by atoms with van der Waals surface area (Å²) in [5.74, 6) is 0.987. The number of quaternary nitrogens is 2. The van der Waals surface area contributed by atoms with Crippen LogP contribution in [0.25, 0.3) is 0 Å². The molecular formula is C20H34N2+2. The van der Waals surface area contributed by atoms with E-state index < -0.39 is 0 Å². The van der Waals surface area contributed by atoms with Crippen molar-refractivity contribution in [3.63, 3.8) is 0 Å². The number of hydrogen-bond donors (Lipinski definition) is 2. The highest BCUT2D eigenvalue weighted by molar-refractivity contribution is 5.14. The Morgan fingerprint density at radius 1 is 0.909 bits per heavy atom. The zero-order valence-electron chi connectivity index (χ0n) is 14.3. The van der Waals surface area contributed by atoms with Gasteiger partial charge in [0.1, 0.15) is 26.2 Å². The summed E-state index contributed by atoms with van der Waals surface area (Å²) < 4.78 is 0. The SMILES string of the molecule is CC1CCC([NH+]2CC[NH+](CCCc3ccccc3)CC2)CC1. The molecule has 0 aromatic heterocycles. The smallest absolute Gasteiger partial charge is 0.127 e. The number of hydrogen-bond acceptors (Lipinski definition) is 0. The highest BCUT2D eigenvalue weighted by atomic mass is 15.3. The molecule has 1 heterocycles. The lowest BCUT2D eigenvalue weighted by Crippen LogP contribution is -3.29. The number of benzene rings is 1. The first kappa shape index (κ1) is 16.0. The van der Waals surface area contributed by atoms with Crippen molar-refractivity contribution in [1.29, 1.82) is 0 Å². The van der Waals surface area contributed by atoms with Crippen LogP contribution in [-0.4, -0.2) is 38.8 Å². The van der Waals surface area contributed by atoms with Gasteiger partial charge in [0.15, 0.2) is 0 Å². The molecule has 1 saturated heterocycles. The standard InChI is InChI=1S/C20H32N2/c1-18-9-11-20(12-10-18)22-16-14-21(15-17-22)13-5-8-19-6-3-2-4-7-19/h2-4,6-7,18,20H,5,8-17H2,1H3/p+2. The molecule has 0 bridgehead atoms. The van der Waals surface area contributed by atoms with Crippen molar-refractivity contribution in [1.82, 2.24) is 0 Å². The van der Waals surface area contributed by atoms with Gasteiger partial charge in [0.2, 0.25) is 0 Å². The second kappa shape index (κ2) is 8.12. The molecule has 1 aliphatic heterocycles. The lowest BCUT2D eigenvalue weighted by Gasteiger charge is -2.37. The Balaban J connectivity index is 1.33. The summed E-state index contributed by atoms with van der Waals surface area (Å²) >= 11 is 0. The molecule has 1 aliphatic carbocycles. The quantitative estimate of drug-likeness (QED) is 0.802. The Bertz CT molecular complexity index is 415. The van der Waals surface area contributed by atoms with Crippen molar-refractivity contribution < 1.29 is 9.80 Å². The molecule has 0 spiro atoms. The molecule has 2 heteroatoms. The second-order valence-electron chi connectivity index (χ2n) is 7.70. The van der Waals surface area contributed by atoms with Gasteiger partial charge in [0.05, 0.1) is 12.6 Å². The summed E-state index contributed by atoms with van der Waals surface area (Å²) in [6.45, 7) is 9.43. The third kappa shape index (κ3) is 4.57. The Morgan fingerprint density at radius 3 is 2.27 bits per heavy atom. The first-order valence-electron chi connectivity index (χ1n) is 9.53. The third-order valence-electron chi connectivity index (χ3n) is 6.03.